The molecule has 3 heterocycles. The molecule has 0 spiro atoms. The van der Waals surface area contributed by atoms with Crippen LogP contribution in [-0.4, -0.2) is 20.7 Å². The summed E-state index contributed by atoms with van der Waals surface area (Å²) in [5, 5.41) is 3.32. The van der Waals surface area contributed by atoms with Crippen LogP contribution in [0, 0.1) is 0 Å². The lowest BCUT2D eigenvalue weighted by molar-refractivity contribution is 0.0951. The summed E-state index contributed by atoms with van der Waals surface area (Å²) in [7, 11) is -3.80. The lowest BCUT2D eigenvalue weighted by atomic mass is 10.2. The maximum absolute atomic E-state index is 12.9. The third kappa shape index (κ3) is 5.00. The van der Waals surface area contributed by atoms with Crippen LogP contribution < -0.4 is 20.7 Å². The van der Waals surface area contributed by atoms with Gasteiger partial charge in [0.05, 0.1) is 18.4 Å². The van der Waals surface area contributed by atoms with Crippen molar-refractivity contribution in [2.24, 2.45) is 10.7 Å². The summed E-state index contributed by atoms with van der Waals surface area (Å²) in [5.74, 6) is 0.202. The van der Waals surface area contributed by atoms with E-state index in [1.807, 2.05) is 0 Å². The molecule has 4 N–H and O–H groups in total. The Balaban J connectivity index is 1.22. The molecule has 0 bridgehead atoms. The first-order valence-electron chi connectivity index (χ1n) is 10.7. The van der Waals surface area contributed by atoms with E-state index in [1.54, 1.807) is 71.9 Å². The Bertz CT molecular complexity index is 1530. The molecule has 0 radical (unpaired) electrons. The predicted octanol–water partition coefficient (Wildman–Crippen LogP) is 4.86. The van der Waals surface area contributed by atoms with Crippen molar-refractivity contribution in [3.63, 3.8) is 0 Å². The number of nitrogens with one attached hydrogen (secondary N) is 2. The Morgan fingerprint density at radius 1 is 1.08 bits per heavy atom. The molecule has 1 atom stereocenters. The maximum Gasteiger partial charge on any atom is 0.271 e. The summed E-state index contributed by atoms with van der Waals surface area (Å²) in [5.41, 5.74) is 8.68. The predicted molar refractivity (Wildman–Crippen MR) is 140 cm³/mol. The van der Waals surface area contributed by atoms with Crippen LogP contribution in [-0.2, 0) is 16.6 Å². The monoisotopic (exact) mass is 541 g/mol. The summed E-state index contributed by atoms with van der Waals surface area (Å²) in [6.45, 7) is 0.201. The number of furan rings is 1. The van der Waals surface area contributed by atoms with Crippen molar-refractivity contribution in [2.75, 3.05) is 9.62 Å². The van der Waals surface area contributed by atoms with E-state index in [0.717, 1.165) is 22.6 Å². The minimum absolute atomic E-state index is 0.139. The van der Waals surface area contributed by atoms with E-state index >= 15 is 0 Å². The van der Waals surface area contributed by atoms with E-state index in [-0.39, 0.29) is 16.7 Å². The molecule has 9 nitrogen and oxygen atoms in total. The van der Waals surface area contributed by atoms with Gasteiger partial charge in [-0.3, -0.25) is 9.52 Å². The fourth-order valence-corrected chi connectivity index (χ4v) is 6.06. The van der Waals surface area contributed by atoms with Gasteiger partial charge in [-0.2, -0.15) is 0 Å². The van der Waals surface area contributed by atoms with Crippen molar-refractivity contribution in [3.8, 4) is 0 Å². The molecule has 1 unspecified atom stereocenters. The molecule has 36 heavy (non-hydrogen) atoms. The number of hydrogen-bond donors (Lipinski definition) is 3. The zero-order chi connectivity index (χ0) is 25.3. The molecule has 1 amide bonds. The Morgan fingerprint density at radius 2 is 1.83 bits per heavy atom. The Labute approximate surface area is 216 Å². The van der Waals surface area contributed by atoms with Crippen LogP contribution in [0.2, 0.25) is 5.02 Å². The number of anilines is 2. The molecule has 0 fully saturated rings. The highest BCUT2D eigenvalue weighted by molar-refractivity contribution is 7.94. The van der Waals surface area contributed by atoms with Crippen LogP contribution in [0.4, 0.5) is 17.3 Å². The lowest BCUT2D eigenvalue weighted by Crippen LogP contribution is -2.35. The fourth-order valence-electron chi connectivity index (χ4n) is 3.58. The number of hydrogen-bond acceptors (Lipinski definition) is 8. The molecule has 1 aliphatic heterocycles. The third-order valence-corrected chi connectivity index (χ3v) is 8.65. The molecule has 184 valence electrons. The number of halogens is 1. The highest BCUT2D eigenvalue weighted by Crippen LogP contribution is 2.34. The molecule has 1 aliphatic rings. The molecule has 0 saturated heterocycles. The summed E-state index contributed by atoms with van der Waals surface area (Å²) in [4.78, 5) is 19.0. The molecule has 4 aromatic rings. The fraction of sp³-hybridized carbons (Fsp3) is 0.0833. The van der Waals surface area contributed by atoms with Crippen molar-refractivity contribution < 1.29 is 17.6 Å². The second-order valence-electron chi connectivity index (χ2n) is 7.84. The molecule has 12 heteroatoms. The van der Waals surface area contributed by atoms with Gasteiger partial charge < -0.3 is 20.4 Å². The highest BCUT2D eigenvalue weighted by Gasteiger charge is 2.24. The van der Waals surface area contributed by atoms with Crippen LogP contribution in [0.1, 0.15) is 27.0 Å². The van der Waals surface area contributed by atoms with Crippen molar-refractivity contribution in [1.29, 1.82) is 0 Å². The van der Waals surface area contributed by atoms with Gasteiger partial charge in [0.2, 0.25) is 5.88 Å². The van der Waals surface area contributed by atoms with Gasteiger partial charge in [-0.1, -0.05) is 11.6 Å². The van der Waals surface area contributed by atoms with Gasteiger partial charge in [0.25, 0.3) is 15.9 Å². The molecule has 0 aliphatic carbocycles. The topological polar surface area (TPSA) is 130 Å². The molecule has 5 rings (SSSR count). The maximum atomic E-state index is 12.9. The Kier molecular flexibility index (Phi) is 6.54. The molecular weight excluding hydrogens is 522 g/mol. The number of aliphatic imine (C=N–C) groups is 1. The number of sulfonamides is 1. The first-order chi connectivity index (χ1) is 17.3. The smallest absolute Gasteiger partial charge is 0.271 e. The van der Waals surface area contributed by atoms with Crippen molar-refractivity contribution in [3.05, 3.63) is 94.0 Å². The van der Waals surface area contributed by atoms with Crippen molar-refractivity contribution >= 4 is 62.5 Å². The first-order valence-corrected chi connectivity index (χ1v) is 13.4. The minimum Gasteiger partial charge on any atom is -0.446 e. The summed E-state index contributed by atoms with van der Waals surface area (Å²) < 4.78 is 33.8. The summed E-state index contributed by atoms with van der Waals surface area (Å²) in [6.07, 6.45) is 2.64. The van der Waals surface area contributed by atoms with E-state index < -0.39 is 16.2 Å². The largest absolute Gasteiger partial charge is 0.446 e. The van der Waals surface area contributed by atoms with E-state index in [1.165, 1.54) is 12.3 Å². The van der Waals surface area contributed by atoms with Gasteiger partial charge in [-0.25, -0.2) is 13.4 Å². The van der Waals surface area contributed by atoms with E-state index in [4.69, 9.17) is 21.8 Å². The number of rotatable bonds is 7. The lowest BCUT2D eigenvalue weighted by Gasteiger charge is -2.29. The van der Waals surface area contributed by atoms with Crippen LogP contribution >= 0.6 is 22.9 Å². The van der Waals surface area contributed by atoms with Gasteiger partial charge in [0.1, 0.15) is 16.7 Å². The number of nitrogens with zero attached hydrogens (tertiary/aromatic N) is 2. The van der Waals surface area contributed by atoms with Crippen LogP contribution in [0.3, 0.4) is 0 Å². The number of fused-ring (bicyclic) bond motifs is 1. The SMILES string of the molecule is NC1c2ccoc2N=CN1c1ccc(NS(=O)(=O)c2ccc(CNC(=O)c3ccc(Cl)cc3)s2)cc1. The zero-order valence-electron chi connectivity index (χ0n) is 18.6. The van der Waals surface area contributed by atoms with Gasteiger partial charge in [-0.05, 0) is 66.7 Å². The number of thiophene rings is 1. The molecule has 2 aromatic carbocycles. The number of benzene rings is 2. The average Bonchev–Trinajstić information content (AvgIpc) is 3.54. The van der Waals surface area contributed by atoms with Gasteiger partial charge >= 0.3 is 0 Å². The number of carbonyl (C=O) groups excluding carboxylic acids is 1. The Morgan fingerprint density at radius 3 is 2.58 bits per heavy atom. The van der Waals surface area contributed by atoms with Gasteiger partial charge in [0, 0.05) is 26.8 Å². The highest BCUT2D eigenvalue weighted by atomic mass is 35.5. The van der Waals surface area contributed by atoms with E-state index in [0.29, 0.717) is 27.0 Å². The minimum atomic E-state index is -3.80. The Hall–Kier alpha value is -3.64. The molecule has 2 aromatic heterocycles. The van der Waals surface area contributed by atoms with Crippen LogP contribution in [0.25, 0.3) is 0 Å². The summed E-state index contributed by atoms with van der Waals surface area (Å²) >= 11 is 6.93. The van der Waals surface area contributed by atoms with Crippen molar-refractivity contribution in [2.45, 2.75) is 16.9 Å². The first kappa shape index (κ1) is 24.1. The third-order valence-electron chi connectivity index (χ3n) is 5.44. The quantitative estimate of drug-likeness (QED) is 0.306. The second kappa shape index (κ2) is 9.78. The van der Waals surface area contributed by atoms with E-state index in [9.17, 15) is 13.2 Å². The number of amides is 1. The second-order valence-corrected chi connectivity index (χ2v) is 11.4. The molecule has 0 saturated carbocycles. The molecular formula is C24H20ClN5O4S2. The number of nitrogens with two attached hydrogens (primary N) is 1. The van der Waals surface area contributed by atoms with Gasteiger partial charge in [0.15, 0.2) is 0 Å². The van der Waals surface area contributed by atoms with Crippen LogP contribution in [0.15, 0.2) is 86.6 Å². The van der Waals surface area contributed by atoms with Gasteiger partial charge in [-0.15, -0.1) is 11.3 Å². The zero-order valence-corrected chi connectivity index (χ0v) is 21.0. The standard InChI is InChI=1S/C24H20ClN5O4S2/c25-16-3-1-15(2-4-16)23(31)27-13-19-9-10-21(35-19)36(32,33)29-17-5-7-18(8-6-17)30-14-28-24-20(22(30)26)11-12-34-24/h1-12,14,22,29H,13,26H2,(H,27,31). The van der Waals surface area contributed by atoms with Crippen molar-refractivity contribution in [1.82, 2.24) is 5.32 Å². The number of carbonyl (C=O) groups is 1. The summed E-state index contributed by atoms with van der Waals surface area (Å²) in [6, 6.07) is 18.3. The van der Waals surface area contributed by atoms with E-state index in [2.05, 4.69) is 15.0 Å². The van der Waals surface area contributed by atoms with Crippen LogP contribution in [0.5, 0.6) is 0 Å². The normalized spacial score (nSPS) is 14.9. The average molecular weight is 542 g/mol.